The van der Waals surface area contributed by atoms with Crippen LogP contribution >= 0.6 is 15.9 Å². The first-order chi connectivity index (χ1) is 8.56. The molecular formula is C15H24BrNO. The van der Waals surface area contributed by atoms with E-state index in [9.17, 15) is 0 Å². The summed E-state index contributed by atoms with van der Waals surface area (Å²) >= 11 is 3.52. The van der Waals surface area contributed by atoms with Crippen molar-refractivity contribution in [3.63, 3.8) is 0 Å². The lowest BCUT2D eigenvalue weighted by Gasteiger charge is -2.19. The van der Waals surface area contributed by atoms with E-state index < -0.39 is 0 Å². The third kappa shape index (κ3) is 4.99. The van der Waals surface area contributed by atoms with E-state index in [0.29, 0.717) is 12.1 Å². The van der Waals surface area contributed by atoms with E-state index in [-0.39, 0.29) is 0 Å². The smallest absolute Gasteiger partial charge is 0.124 e. The number of ether oxygens (including phenoxy) is 1. The van der Waals surface area contributed by atoms with E-state index in [2.05, 4.69) is 61.1 Å². The molecule has 1 rings (SSSR count). The predicted molar refractivity (Wildman–Crippen MR) is 81.1 cm³/mol. The molecule has 0 spiro atoms. The summed E-state index contributed by atoms with van der Waals surface area (Å²) in [6, 6.07) is 6.70. The number of halogens is 1. The second-order valence-electron chi connectivity index (χ2n) is 4.84. The second-order valence-corrected chi connectivity index (χ2v) is 5.76. The number of hydrogen-bond donors (Lipinski definition) is 1. The van der Waals surface area contributed by atoms with Crippen LogP contribution in [0.3, 0.4) is 0 Å². The Kier molecular flexibility index (Phi) is 6.72. The lowest BCUT2D eigenvalue weighted by atomic mass is 10.1. The molecule has 0 aliphatic heterocycles. The number of benzene rings is 1. The molecular weight excluding hydrogens is 290 g/mol. The molecule has 1 N–H and O–H groups in total. The summed E-state index contributed by atoms with van der Waals surface area (Å²) in [5.41, 5.74) is 1.21. The van der Waals surface area contributed by atoms with Crippen molar-refractivity contribution in [2.75, 3.05) is 0 Å². The van der Waals surface area contributed by atoms with E-state index in [4.69, 9.17) is 4.74 Å². The highest BCUT2D eigenvalue weighted by Crippen LogP contribution is 2.25. The maximum absolute atomic E-state index is 6.07. The van der Waals surface area contributed by atoms with Crippen molar-refractivity contribution in [3.05, 3.63) is 28.2 Å². The highest BCUT2D eigenvalue weighted by Gasteiger charge is 2.10. The molecule has 0 saturated heterocycles. The Morgan fingerprint density at radius 2 is 1.89 bits per heavy atom. The van der Waals surface area contributed by atoms with Crippen molar-refractivity contribution >= 4 is 15.9 Å². The van der Waals surface area contributed by atoms with E-state index in [1.54, 1.807) is 0 Å². The summed E-state index contributed by atoms with van der Waals surface area (Å²) in [6.07, 6.45) is 2.40. The van der Waals surface area contributed by atoms with Crippen molar-refractivity contribution in [2.24, 2.45) is 0 Å². The van der Waals surface area contributed by atoms with E-state index in [1.807, 2.05) is 6.07 Å². The fourth-order valence-corrected chi connectivity index (χ4v) is 2.16. The molecule has 0 saturated carbocycles. The lowest BCUT2D eigenvalue weighted by molar-refractivity contribution is 0.190. The molecule has 2 nitrogen and oxygen atoms in total. The second kappa shape index (κ2) is 7.80. The zero-order valence-electron chi connectivity index (χ0n) is 11.8. The van der Waals surface area contributed by atoms with E-state index >= 15 is 0 Å². The van der Waals surface area contributed by atoms with Gasteiger partial charge in [0.25, 0.3) is 0 Å². The number of hydrogen-bond acceptors (Lipinski definition) is 2. The van der Waals surface area contributed by atoms with Gasteiger partial charge in [-0.3, -0.25) is 0 Å². The van der Waals surface area contributed by atoms with Crippen LogP contribution in [0, 0.1) is 0 Å². The highest BCUT2D eigenvalue weighted by atomic mass is 79.9. The Bertz CT molecular complexity index is 362. The zero-order chi connectivity index (χ0) is 13.5. The van der Waals surface area contributed by atoms with Crippen LogP contribution in [-0.2, 0) is 6.54 Å². The average molecular weight is 314 g/mol. The van der Waals surface area contributed by atoms with Gasteiger partial charge in [0.1, 0.15) is 5.75 Å². The third-order valence-corrected chi connectivity index (χ3v) is 3.42. The van der Waals surface area contributed by atoms with E-state index in [0.717, 1.165) is 29.6 Å². The molecule has 0 aliphatic rings. The standard InChI is InChI=1S/C15H24BrNO/c1-5-14(6-2)18-15-8-7-13(16)9-12(15)10-17-11(3)4/h7-9,11,14,17H,5-6,10H2,1-4H3. The molecule has 0 amide bonds. The SMILES string of the molecule is CCC(CC)Oc1ccc(Br)cc1CNC(C)C. The Labute approximate surface area is 119 Å². The molecule has 1 aromatic rings. The largest absolute Gasteiger partial charge is 0.490 e. The maximum Gasteiger partial charge on any atom is 0.124 e. The van der Waals surface area contributed by atoms with Crippen LogP contribution in [0.1, 0.15) is 46.1 Å². The Balaban J connectivity index is 2.81. The number of rotatable bonds is 7. The molecule has 0 bridgehead atoms. The monoisotopic (exact) mass is 313 g/mol. The van der Waals surface area contributed by atoms with Gasteiger partial charge in [-0.1, -0.05) is 43.6 Å². The van der Waals surface area contributed by atoms with Crippen LogP contribution in [0.5, 0.6) is 5.75 Å². The fourth-order valence-electron chi connectivity index (χ4n) is 1.75. The van der Waals surface area contributed by atoms with Crippen molar-refractivity contribution in [2.45, 2.75) is 59.2 Å². The van der Waals surface area contributed by atoms with Gasteiger partial charge in [-0.25, -0.2) is 0 Å². The molecule has 0 atom stereocenters. The summed E-state index contributed by atoms with van der Waals surface area (Å²) < 4.78 is 7.17. The first-order valence-corrected chi connectivity index (χ1v) is 7.54. The molecule has 0 radical (unpaired) electrons. The van der Waals surface area contributed by atoms with Gasteiger partial charge in [0.05, 0.1) is 6.10 Å². The Morgan fingerprint density at radius 3 is 2.44 bits per heavy atom. The maximum atomic E-state index is 6.07. The molecule has 0 fully saturated rings. The van der Waals surface area contributed by atoms with Gasteiger partial charge in [0, 0.05) is 22.6 Å². The Hall–Kier alpha value is -0.540. The van der Waals surface area contributed by atoms with Gasteiger partial charge in [-0.05, 0) is 31.0 Å². The first kappa shape index (κ1) is 15.5. The minimum atomic E-state index is 0.309. The highest BCUT2D eigenvalue weighted by molar-refractivity contribution is 9.10. The van der Waals surface area contributed by atoms with Gasteiger partial charge in [-0.15, -0.1) is 0 Å². The normalized spacial score (nSPS) is 11.3. The number of nitrogens with one attached hydrogen (secondary N) is 1. The van der Waals surface area contributed by atoms with Crippen LogP contribution in [0.2, 0.25) is 0 Å². The topological polar surface area (TPSA) is 21.3 Å². The minimum Gasteiger partial charge on any atom is -0.490 e. The molecule has 18 heavy (non-hydrogen) atoms. The summed E-state index contributed by atoms with van der Waals surface area (Å²) in [4.78, 5) is 0. The molecule has 0 unspecified atom stereocenters. The average Bonchev–Trinajstić information content (AvgIpc) is 2.35. The van der Waals surface area contributed by atoms with Crippen LogP contribution in [0.25, 0.3) is 0 Å². The molecule has 3 heteroatoms. The van der Waals surface area contributed by atoms with Crippen molar-refractivity contribution in [3.8, 4) is 5.75 Å². The summed E-state index contributed by atoms with van der Waals surface area (Å²) in [5.74, 6) is 1.00. The van der Waals surface area contributed by atoms with Crippen LogP contribution in [0.4, 0.5) is 0 Å². The molecule has 0 aromatic heterocycles. The quantitative estimate of drug-likeness (QED) is 0.799. The summed E-state index contributed by atoms with van der Waals surface area (Å²) in [5, 5.41) is 3.44. The van der Waals surface area contributed by atoms with Crippen LogP contribution < -0.4 is 10.1 Å². The van der Waals surface area contributed by atoms with E-state index in [1.165, 1.54) is 5.56 Å². The van der Waals surface area contributed by atoms with Crippen molar-refractivity contribution in [1.82, 2.24) is 5.32 Å². The third-order valence-electron chi connectivity index (χ3n) is 2.93. The fraction of sp³-hybridized carbons (Fsp3) is 0.600. The molecule has 0 heterocycles. The van der Waals surface area contributed by atoms with Crippen LogP contribution in [-0.4, -0.2) is 12.1 Å². The van der Waals surface area contributed by atoms with Gasteiger partial charge in [0.2, 0.25) is 0 Å². The molecule has 1 aromatic carbocycles. The summed E-state index contributed by atoms with van der Waals surface area (Å²) in [6.45, 7) is 9.48. The predicted octanol–water partition coefficient (Wildman–Crippen LogP) is 4.51. The van der Waals surface area contributed by atoms with Crippen LogP contribution in [0.15, 0.2) is 22.7 Å². The minimum absolute atomic E-state index is 0.309. The van der Waals surface area contributed by atoms with Crippen molar-refractivity contribution in [1.29, 1.82) is 0 Å². The Morgan fingerprint density at radius 1 is 1.22 bits per heavy atom. The molecule has 0 aliphatic carbocycles. The van der Waals surface area contributed by atoms with Crippen molar-refractivity contribution < 1.29 is 4.74 Å². The lowest BCUT2D eigenvalue weighted by Crippen LogP contribution is -2.23. The zero-order valence-corrected chi connectivity index (χ0v) is 13.4. The van der Waals surface area contributed by atoms with Gasteiger partial charge in [-0.2, -0.15) is 0 Å². The van der Waals surface area contributed by atoms with Gasteiger partial charge >= 0.3 is 0 Å². The summed E-state index contributed by atoms with van der Waals surface area (Å²) in [7, 11) is 0. The first-order valence-electron chi connectivity index (χ1n) is 6.75. The van der Waals surface area contributed by atoms with Gasteiger partial charge < -0.3 is 10.1 Å². The van der Waals surface area contributed by atoms with Gasteiger partial charge in [0.15, 0.2) is 0 Å². The molecule has 102 valence electrons.